The van der Waals surface area contributed by atoms with E-state index in [4.69, 9.17) is 4.98 Å². The predicted octanol–water partition coefficient (Wildman–Crippen LogP) is 4.04. The summed E-state index contributed by atoms with van der Waals surface area (Å²) in [5, 5.41) is 3.68. The molecule has 0 saturated heterocycles. The molecule has 1 aromatic rings. The number of imidazole rings is 1. The highest BCUT2D eigenvalue weighted by molar-refractivity contribution is 5.42. The highest BCUT2D eigenvalue weighted by atomic mass is 15.1. The molecule has 0 amide bonds. The number of aromatic amines is 1. The molecule has 2 fully saturated rings. The van der Waals surface area contributed by atoms with Gasteiger partial charge in [0, 0.05) is 17.0 Å². The van der Waals surface area contributed by atoms with Gasteiger partial charge in [0.05, 0.1) is 11.7 Å². The fourth-order valence-electron chi connectivity index (χ4n) is 4.85. The number of fused-ring (bicyclic) bond motifs is 5. The summed E-state index contributed by atoms with van der Waals surface area (Å²) >= 11 is 0. The van der Waals surface area contributed by atoms with Crippen LogP contribution in [0.4, 0.5) is 0 Å². The largest absolute Gasteiger partial charge is 0.344 e. The second kappa shape index (κ2) is 4.34. The number of aromatic nitrogens is 2. The average Bonchev–Trinajstić information content (AvgIpc) is 2.94. The van der Waals surface area contributed by atoms with Crippen LogP contribution in [-0.4, -0.2) is 16.5 Å². The summed E-state index contributed by atoms with van der Waals surface area (Å²) in [6.45, 7) is 10.7. The van der Waals surface area contributed by atoms with Crippen molar-refractivity contribution in [3.63, 3.8) is 0 Å². The number of nitrogens with zero attached hydrogens (tertiary/aromatic N) is 1. The van der Waals surface area contributed by atoms with Crippen molar-refractivity contribution < 1.29 is 0 Å². The normalized spacial score (nSPS) is 34.8. The molecule has 0 aliphatic heterocycles. The maximum atomic E-state index is 5.04. The van der Waals surface area contributed by atoms with Gasteiger partial charge >= 0.3 is 0 Å². The first-order valence-corrected chi connectivity index (χ1v) is 8.77. The Hall–Kier alpha value is -0.830. The van der Waals surface area contributed by atoms with Gasteiger partial charge in [0.25, 0.3) is 0 Å². The first-order chi connectivity index (χ1) is 9.93. The molecule has 3 aliphatic rings. The SMILES string of the molecule is CC(NCC1CCC1)c1nc2c([nH]1)C1CCC2(C)C1(C)C. The van der Waals surface area contributed by atoms with Crippen LogP contribution >= 0.6 is 0 Å². The Morgan fingerprint density at radius 1 is 1.29 bits per heavy atom. The maximum absolute atomic E-state index is 5.04. The molecular weight excluding hydrogens is 258 g/mol. The first-order valence-electron chi connectivity index (χ1n) is 8.77. The summed E-state index contributed by atoms with van der Waals surface area (Å²) in [7, 11) is 0. The Kier molecular flexibility index (Phi) is 2.86. The summed E-state index contributed by atoms with van der Waals surface area (Å²) < 4.78 is 0. The van der Waals surface area contributed by atoms with Crippen LogP contribution in [0, 0.1) is 11.3 Å². The number of hydrogen-bond donors (Lipinski definition) is 2. The quantitative estimate of drug-likeness (QED) is 0.877. The van der Waals surface area contributed by atoms with E-state index in [1.54, 1.807) is 0 Å². The van der Waals surface area contributed by atoms with E-state index < -0.39 is 0 Å². The topological polar surface area (TPSA) is 40.7 Å². The van der Waals surface area contributed by atoms with Crippen LogP contribution in [0.2, 0.25) is 0 Å². The van der Waals surface area contributed by atoms with Crippen LogP contribution in [0.25, 0.3) is 0 Å². The van der Waals surface area contributed by atoms with Crippen molar-refractivity contribution in [1.82, 2.24) is 15.3 Å². The molecule has 3 heteroatoms. The van der Waals surface area contributed by atoms with Crippen LogP contribution < -0.4 is 5.32 Å². The minimum Gasteiger partial charge on any atom is -0.344 e. The zero-order valence-electron chi connectivity index (χ0n) is 13.9. The molecule has 1 aromatic heterocycles. The zero-order valence-corrected chi connectivity index (χ0v) is 13.9. The van der Waals surface area contributed by atoms with E-state index in [1.165, 1.54) is 43.5 Å². The third-order valence-corrected chi connectivity index (χ3v) is 7.20. The van der Waals surface area contributed by atoms with Crippen molar-refractivity contribution in [3.05, 3.63) is 17.2 Å². The molecule has 0 aromatic carbocycles. The van der Waals surface area contributed by atoms with E-state index in [0.29, 0.717) is 17.4 Å². The summed E-state index contributed by atoms with van der Waals surface area (Å²) in [5.74, 6) is 2.74. The standard InChI is InChI=1S/C18H29N3/c1-11(19-10-12-6-5-7-12)16-20-14-13-8-9-18(4,15(14)21-16)17(13,2)3/h11-13,19H,5-10H2,1-4H3,(H,20,21). The zero-order chi connectivity index (χ0) is 14.8. The Morgan fingerprint density at radius 2 is 2.05 bits per heavy atom. The highest BCUT2D eigenvalue weighted by Gasteiger charge is 2.61. The maximum Gasteiger partial charge on any atom is 0.123 e. The second-order valence-corrected chi connectivity index (χ2v) is 8.46. The lowest BCUT2D eigenvalue weighted by molar-refractivity contribution is 0.224. The van der Waals surface area contributed by atoms with Gasteiger partial charge in [-0.25, -0.2) is 4.98 Å². The molecule has 2 bridgehead atoms. The molecule has 0 spiro atoms. The highest BCUT2D eigenvalue weighted by Crippen LogP contribution is 2.66. The van der Waals surface area contributed by atoms with Gasteiger partial charge in [-0.3, -0.25) is 0 Å². The van der Waals surface area contributed by atoms with Gasteiger partial charge in [0.1, 0.15) is 5.82 Å². The number of nitrogens with one attached hydrogen (secondary N) is 2. The van der Waals surface area contributed by atoms with Crippen LogP contribution in [0.5, 0.6) is 0 Å². The Balaban J connectivity index is 1.54. The van der Waals surface area contributed by atoms with Crippen molar-refractivity contribution in [2.45, 2.75) is 77.2 Å². The van der Waals surface area contributed by atoms with Crippen LogP contribution in [0.15, 0.2) is 0 Å². The van der Waals surface area contributed by atoms with E-state index in [-0.39, 0.29) is 5.41 Å². The molecule has 2 saturated carbocycles. The smallest absolute Gasteiger partial charge is 0.123 e. The van der Waals surface area contributed by atoms with Crippen molar-refractivity contribution >= 4 is 0 Å². The van der Waals surface area contributed by atoms with Gasteiger partial charge in [-0.05, 0) is 50.5 Å². The molecule has 2 N–H and O–H groups in total. The third-order valence-electron chi connectivity index (χ3n) is 7.20. The molecule has 3 unspecified atom stereocenters. The van der Waals surface area contributed by atoms with Gasteiger partial charge in [0.2, 0.25) is 0 Å². The fraction of sp³-hybridized carbons (Fsp3) is 0.833. The Morgan fingerprint density at radius 3 is 2.67 bits per heavy atom. The Bertz CT molecular complexity index is 555. The number of hydrogen-bond acceptors (Lipinski definition) is 2. The van der Waals surface area contributed by atoms with Crippen molar-refractivity contribution in [2.75, 3.05) is 6.54 Å². The lowest BCUT2D eigenvalue weighted by Crippen LogP contribution is -2.33. The molecule has 21 heavy (non-hydrogen) atoms. The molecule has 0 radical (unpaired) electrons. The van der Waals surface area contributed by atoms with Crippen LogP contribution in [0.1, 0.15) is 89.0 Å². The molecule has 3 nitrogen and oxygen atoms in total. The van der Waals surface area contributed by atoms with Crippen molar-refractivity contribution in [1.29, 1.82) is 0 Å². The minimum atomic E-state index is 0.273. The first kappa shape index (κ1) is 13.8. The molecule has 1 heterocycles. The second-order valence-electron chi connectivity index (χ2n) is 8.46. The molecule has 116 valence electrons. The molecule has 4 rings (SSSR count). The number of rotatable bonds is 4. The van der Waals surface area contributed by atoms with Gasteiger partial charge in [-0.1, -0.05) is 27.2 Å². The van der Waals surface area contributed by atoms with Gasteiger partial charge in [-0.2, -0.15) is 0 Å². The average molecular weight is 287 g/mol. The van der Waals surface area contributed by atoms with E-state index >= 15 is 0 Å². The van der Waals surface area contributed by atoms with Gasteiger partial charge in [-0.15, -0.1) is 0 Å². The van der Waals surface area contributed by atoms with Crippen LogP contribution in [0.3, 0.4) is 0 Å². The van der Waals surface area contributed by atoms with Crippen LogP contribution in [-0.2, 0) is 5.41 Å². The summed E-state index contributed by atoms with van der Waals surface area (Å²) in [6, 6.07) is 0.349. The lowest BCUT2D eigenvalue weighted by atomic mass is 9.70. The van der Waals surface area contributed by atoms with Crippen molar-refractivity contribution in [2.24, 2.45) is 11.3 Å². The lowest BCUT2D eigenvalue weighted by Gasteiger charge is -2.34. The van der Waals surface area contributed by atoms with E-state index in [1.807, 2.05) is 0 Å². The molecular formula is C18H29N3. The van der Waals surface area contributed by atoms with E-state index in [0.717, 1.165) is 18.3 Å². The summed E-state index contributed by atoms with van der Waals surface area (Å²) in [4.78, 5) is 8.74. The molecule has 3 atom stereocenters. The molecule has 3 aliphatic carbocycles. The predicted molar refractivity (Wildman–Crippen MR) is 85.5 cm³/mol. The number of H-pyrrole nitrogens is 1. The monoisotopic (exact) mass is 287 g/mol. The third kappa shape index (κ3) is 1.73. The minimum absolute atomic E-state index is 0.273. The Labute approximate surface area is 128 Å². The summed E-state index contributed by atoms with van der Waals surface area (Å²) in [5.41, 5.74) is 3.45. The van der Waals surface area contributed by atoms with Gasteiger partial charge < -0.3 is 10.3 Å². The van der Waals surface area contributed by atoms with Gasteiger partial charge in [0.15, 0.2) is 0 Å². The fourth-order valence-corrected chi connectivity index (χ4v) is 4.85. The van der Waals surface area contributed by atoms with E-state index in [9.17, 15) is 0 Å². The summed E-state index contributed by atoms with van der Waals surface area (Å²) in [6.07, 6.45) is 6.85. The van der Waals surface area contributed by atoms with Crippen molar-refractivity contribution in [3.8, 4) is 0 Å². The van der Waals surface area contributed by atoms with E-state index in [2.05, 4.69) is 38.0 Å².